The smallest absolute Gasteiger partial charge is 0.247 e. The van der Waals surface area contributed by atoms with Gasteiger partial charge in [-0.3, -0.25) is 9.59 Å². The summed E-state index contributed by atoms with van der Waals surface area (Å²) in [6.45, 7) is 2.99. The number of hydrogen-bond acceptors (Lipinski definition) is 2. The predicted molar refractivity (Wildman–Crippen MR) is 98.2 cm³/mol. The van der Waals surface area contributed by atoms with E-state index < -0.39 is 6.04 Å². The van der Waals surface area contributed by atoms with Crippen LogP contribution in [-0.2, 0) is 22.6 Å². The molecule has 2 amide bonds. The molecule has 2 aromatic rings. The van der Waals surface area contributed by atoms with Crippen LogP contribution in [0.3, 0.4) is 0 Å². The van der Waals surface area contributed by atoms with Crippen molar-refractivity contribution in [3.63, 3.8) is 0 Å². The van der Waals surface area contributed by atoms with Crippen LogP contribution in [0.2, 0.25) is 5.02 Å². The van der Waals surface area contributed by atoms with Gasteiger partial charge in [-0.05, 0) is 35.2 Å². The number of nitrogens with zero attached hydrogens (tertiary/aromatic N) is 1. The lowest BCUT2D eigenvalue weighted by molar-refractivity contribution is -0.141. The van der Waals surface area contributed by atoms with Crippen LogP contribution in [0, 0.1) is 0 Å². The van der Waals surface area contributed by atoms with Crippen molar-refractivity contribution in [1.29, 1.82) is 0 Å². The van der Waals surface area contributed by atoms with Gasteiger partial charge in [0.15, 0.2) is 0 Å². The predicted octanol–water partition coefficient (Wildman–Crippen LogP) is 3.49. The summed E-state index contributed by atoms with van der Waals surface area (Å²) in [7, 11) is 0. The first-order valence-corrected chi connectivity index (χ1v) is 8.87. The minimum absolute atomic E-state index is 0.00666. The lowest BCUT2D eigenvalue weighted by Crippen LogP contribution is -2.47. The second-order valence-electron chi connectivity index (χ2n) is 6.21. The van der Waals surface area contributed by atoms with Crippen LogP contribution in [0.15, 0.2) is 48.5 Å². The first-order valence-electron chi connectivity index (χ1n) is 8.49. The Morgan fingerprint density at radius 3 is 2.64 bits per heavy atom. The number of halogens is 1. The van der Waals surface area contributed by atoms with Crippen LogP contribution in [0.4, 0.5) is 0 Å². The molecule has 5 heteroatoms. The number of fused-ring (bicyclic) bond motifs is 1. The number of hydrogen-bond donors (Lipinski definition) is 1. The lowest BCUT2D eigenvalue weighted by Gasteiger charge is -2.36. The highest BCUT2D eigenvalue weighted by Crippen LogP contribution is 2.30. The summed E-state index contributed by atoms with van der Waals surface area (Å²) in [6, 6.07) is 14.5. The quantitative estimate of drug-likeness (QED) is 0.891. The fourth-order valence-electron chi connectivity index (χ4n) is 3.20. The molecule has 1 N–H and O–H groups in total. The van der Waals surface area contributed by atoms with Crippen LogP contribution in [0.1, 0.15) is 36.1 Å². The maximum atomic E-state index is 12.9. The molecule has 1 atom stereocenters. The van der Waals surface area contributed by atoms with Gasteiger partial charge < -0.3 is 10.2 Å². The average molecular weight is 357 g/mol. The van der Waals surface area contributed by atoms with E-state index in [1.165, 1.54) is 0 Å². The minimum atomic E-state index is -0.565. The van der Waals surface area contributed by atoms with Gasteiger partial charge in [-0.15, -0.1) is 0 Å². The SMILES string of the molecule is CCCN1C(=O)Cc2ccccc2[C@@H]1C(=O)NCc1ccc(Cl)cc1. The summed E-state index contributed by atoms with van der Waals surface area (Å²) in [6.07, 6.45) is 1.17. The van der Waals surface area contributed by atoms with Gasteiger partial charge in [0.1, 0.15) is 6.04 Å². The molecule has 1 aliphatic heterocycles. The zero-order chi connectivity index (χ0) is 17.8. The highest BCUT2D eigenvalue weighted by Gasteiger charge is 2.36. The Hall–Kier alpha value is -2.33. The molecule has 0 aliphatic carbocycles. The van der Waals surface area contributed by atoms with Gasteiger partial charge in [0, 0.05) is 18.1 Å². The zero-order valence-corrected chi connectivity index (χ0v) is 14.9. The molecule has 0 fully saturated rings. The summed E-state index contributed by atoms with van der Waals surface area (Å²) >= 11 is 5.89. The molecule has 0 radical (unpaired) electrons. The monoisotopic (exact) mass is 356 g/mol. The fourth-order valence-corrected chi connectivity index (χ4v) is 3.33. The normalized spacial score (nSPS) is 16.5. The largest absolute Gasteiger partial charge is 0.350 e. The van der Waals surface area contributed by atoms with Crippen LogP contribution >= 0.6 is 11.6 Å². The molecule has 0 saturated carbocycles. The van der Waals surface area contributed by atoms with Crippen molar-refractivity contribution in [1.82, 2.24) is 10.2 Å². The van der Waals surface area contributed by atoms with Gasteiger partial charge >= 0.3 is 0 Å². The van der Waals surface area contributed by atoms with Crippen LogP contribution in [0.5, 0.6) is 0 Å². The Morgan fingerprint density at radius 1 is 1.20 bits per heavy atom. The summed E-state index contributed by atoms with van der Waals surface area (Å²) in [5.41, 5.74) is 2.82. The number of amides is 2. The molecular formula is C20H21ClN2O2. The van der Waals surface area contributed by atoms with E-state index in [9.17, 15) is 9.59 Å². The van der Waals surface area contributed by atoms with Gasteiger partial charge in [0.05, 0.1) is 6.42 Å². The van der Waals surface area contributed by atoms with Gasteiger partial charge in [-0.25, -0.2) is 0 Å². The molecule has 130 valence electrons. The third-order valence-electron chi connectivity index (χ3n) is 4.42. The Bertz CT molecular complexity index is 774. The molecule has 4 nitrogen and oxygen atoms in total. The molecule has 3 rings (SSSR count). The number of carbonyl (C=O) groups is 2. The summed E-state index contributed by atoms with van der Waals surface area (Å²) in [5, 5.41) is 3.63. The molecule has 0 spiro atoms. The third-order valence-corrected chi connectivity index (χ3v) is 4.67. The van der Waals surface area contributed by atoms with Crippen molar-refractivity contribution in [2.45, 2.75) is 32.4 Å². The molecule has 0 saturated heterocycles. The minimum Gasteiger partial charge on any atom is -0.350 e. The van der Waals surface area contributed by atoms with Crippen molar-refractivity contribution in [3.05, 3.63) is 70.2 Å². The van der Waals surface area contributed by atoms with E-state index in [1.807, 2.05) is 43.3 Å². The summed E-state index contributed by atoms with van der Waals surface area (Å²) in [5.74, 6) is -0.143. The maximum Gasteiger partial charge on any atom is 0.247 e. The maximum absolute atomic E-state index is 12.9. The van der Waals surface area contributed by atoms with E-state index in [2.05, 4.69) is 5.32 Å². The molecule has 1 heterocycles. The van der Waals surface area contributed by atoms with E-state index in [-0.39, 0.29) is 11.8 Å². The van der Waals surface area contributed by atoms with Crippen molar-refractivity contribution < 1.29 is 9.59 Å². The van der Waals surface area contributed by atoms with Gasteiger partial charge in [0.25, 0.3) is 0 Å². The van der Waals surface area contributed by atoms with E-state index in [0.29, 0.717) is 24.5 Å². The highest BCUT2D eigenvalue weighted by atomic mass is 35.5. The second-order valence-corrected chi connectivity index (χ2v) is 6.65. The Balaban J connectivity index is 1.82. The Labute approximate surface area is 152 Å². The first kappa shape index (κ1) is 17.5. The third kappa shape index (κ3) is 3.85. The second kappa shape index (κ2) is 7.70. The molecule has 0 unspecified atom stereocenters. The molecule has 0 bridgehead atoms. The van der Waals surface area contributed by atoms with Crippen LogP contribution in [-0.4, -0.2) is 23.3 Å². The standard InChI is InChI=1S/C20H21ClN2O2/c1-2-11-23-18(24)12-15-5-3-4-6-17(15)19(23)20(25)22-13-14-7-9-16(21)10-8-14/h3-10,19H,2,11-13H2,1H3,(H,22,25)/t19-/m1/s1. The number of carbonyl (C=O) groups excluding carboxylic acids is 2. The topological polar surface area (TPSA) is 49.4 Å². The highest BCUT2D eigenvalue weighted by molar-refractivity contribution is 6.30. The van der Waals surface area contributed by atoms with E-state index in [1.54, 1.807) is 17.0 Å². The molecule has 0 aromatic heterocycles. The first-order chi connectivity index (χ1) is 12.1. The van der Waals surface area contributed by atoms with Crippen molar-refractivity contribution in [2.75, 3.05) is 6.54 Å². The summed E-state index contributed by atoms with van der Waals surface area (Å²) in [4.78, 5) is 27.1. The van der Waals surface area contributed by atoms with E-state index >= 15 is 0 Å². The van der Waals surface area contributed by atoms with Crippen molar-refractivity contribution in [2.24, 2.45) is 0 Å². The van der Waals surface area contributed by atoms with Gasteiger partial charge in [-0.1, -0.05) is 54.9 Å². The fraction of sp³-hybridized carbons (Fsp3) is 0.300. The molecule has 25 heavy (non-hydrogen) atoms. The van der Waals surface area contributed by atoms with Crippen molar-refractivity contribution in [3.8, 4) is 0 Å². The number of rotatable bonds is 5. The lowest BCUT2D eigenvalue weighted by atomic mass is 9.91. The molecule has 1 aliphatic rings. The van der Waals surface area contributed by atoms with Crippen molar-refractivity contribution >= 4 is 23.4 Å². The van der Waals surface area contributed by atoms with E-state index in [0.717, 1.165) is 23.1 Å². The van der Waals surface area contributed by atoms with Gasteiger partial charge in [0.2, 0.25) is 11.8 Å². The number of nitrogens with one attached hydrogen (secondary N) is 1. The number of benzene rings is 2. The van der Waals surface area contributed by atoms with E-state index in [4.69, 9.17) is 11.6 Å². The molecule has 2 aromatic carbocycles. The van der Waals surface area contributed by atoms with Crippen LogP contribution < -0.4 is 5.32 Å². The average Bonchev–Trinajstić information content (AvgIpc) is 2.62. The molecular weight excluding hydrogens is 336 g/mol. The summed E-state index contributed by atoms with van der Waals surface area (Å²) < 4.78 is 0. The zero-order valence-electron chi connectivity index (χ0n) is 14.2. The Kier molecular flexibility index (Phi) is 5.39. The van der Waals surface area contributed by atoms with Gasteiger partial charge in [-0.2, -0.15) is 0 Å². The van der Waals surface area contributed by atoms with Crippen LogP contribution in [0.25, 0.3) is 0 Å². The Morgan fingerprint density at radius 2 is 1.92 bits per heavy atom.